The largest absolute Gasteiger partial charge is 0.384 e. The van der Waals surface area contributed by atoms with Crippen LogP contribution in [0.4, 0.5) is 5.69 Å². The lowest BCUT2D eigenvalue weighted by Gasteiger charge is -2.16. The van der Waals surface area contributed by atoms with Crippen molar-refractivity contribution in [2.24, 2.45) is 0 Å². The Balaban J connectivity index is 2.15. The fraction of sp³-hybridized carbons (Fsp3) is 0.353. The van der Waals surface area contributed by atoms with Gasteiger partial charge in [0.05, 0.1) is 11.6 Å². The number of thiophene rings is 1. The average Bonchev–Trinajstić information content (AvgIpc) is 3.00. The third-order valence-electron chi connectivity index (χ3n) is 3.30. The van der Waals surface area contributed by atoms with Crippen molar-refractivity contribution in [3.05, 3.63) is 51.7 Å². The number of hydrogen-bond donors (Lipinski definition) is 2. The van der Waals surface area contributed by atoms with E-state index in [1.165, 1.54) is 4.88 Å². The molecule has 0 aliphatic heterocycles. The van der Waals surface area contributed by atoms with E-state index in [1.54, 1.807) is 11.3 Å². The van der Waals surface area contributed by atoms with Crippen LogP contribution in [-0.4, -0.2) is 12.5 Å². The number of aryl methyl sites for hydroxylation is 1. The Morgan fingerprint density at radius 2 is 2.14 bits per heavy atom. The lowest BCUT2D eigenvalue weighted by atomic mass is 10.1. The van der Waals surface area contributed by atoms with Crippen molar-refractivity contribution < 1.29 is 4.79 Å². The molecule has 0 fully saturated rings. The fourth-order valence-corrected chi connectivity index (χ4v) is 2.88. The highest BCUT2D eigenvalue weighted by atomic mass is 32.1. The third-order valence-corrected chi connectivity index (χ3v) is 4.36. The first kappa shape index (κ1) is 15.6. The molecule has 1 aromatic carbocycles. The molecule has 2 rings (SSSR count). The van der Waals surface area contributed by atoms with E-state index < -0.39 is 0 Å². The lowest BCUT2D eigenvalue weighted by molar-refractivity contribution is 0.0941. The molecule has 0 aliphatic rings. The lowest BCUT2D eigenvalue weighted by Crippen LogP contribution is -2.27. The Labute approximate surface area is 130 Å². The second-order valence-electron chi connectivity index (χ2n) is 5.19. The Morgan fingerprint density at radius 1 is 1.33 bits per heavy atom. The summed E-state index contributed by atoms with van der Waals surface area (Å²) < 4.78 is 0. The van der Waals surface area contributed by atoms with Crippen molar-refractivity contribution in [1.29, 1.82) is 0 Å². The SMILES string of the molecule is CCCNc1ccc(C)cc1C(=O)NC(C)c1cccs1. The highest BCUT2D eigenvalue weighted by molar-refractivity contribution is 7.10. The van der Waals surface area contributed by atoms with Gasteiger partial charge in [0.2, 0.25) is 0 Å². The molecule has 1 heterocycles. The number of hydrogen-bond acceptors (Lipinski definition) is 3. The molecule has 21 heavy (non-hydrogen) atoms. The second-order valence-corrected chi connectivity index (χ2v) is 6.17. The molecule has 2 aromatic rings. The molecule has 1 amide bonds. The van der Waals surface area contributed by atoms with Crippen molar-refractivity contribution in [2.45, 2.75) is 33.2 Å². The highest BCUT2D eigenvalue weighted by Crippen LogP contribution is 2.21. The minimum atomic E-state index is -0.0294. The standard InChI is InChI=1S/C17H22N2OS/c1-4-9-18-15-8-7-12(2)11-14(15)17(20)19-13(3)16-6-5-10-21-16/h5-8,10-11,13,18H,4,9H2,1-3H3,(H,19,20). The smallest absolute Gasteiger partial charge is 0.253 e. The molecule has 2 N–H and O–H groups in total. The number of carbonyl (C=O) groups is 1. The summed E-state index contributed by atoms with van der Waals surface area (Å²) in [4.78, 5) is 13.7. The zero-order chi connectivity index (χ0) is 15.2. The first-order valence-corrected chi connectivity index (χ1v) is 8.18. The van der Waals surface area contributed by atoms with Crippen LogP contribution < -0.4 is 10.6 Å². The number of nitrogens with one attached hydrogen (secondary N) is 2. The van der Waals surface area contributed by atoms with Gasteiger partial charge >= 0.3 is 0 Å². The van der Waals surface area contributed by atoms with E-state index in [1.807, 2.05) is 49.6 Å². The first-order chi connectivity index (χ1) is 10.1. The first-order valence-electron chi connectivity index (χ1n) is 7.30. The van der Waals surface area contributed by atoms with Gasteiger partial charge < -0.3 is 10.6 Å². The van der Waals surface area contributed by atoms with Crippen LogP contribution in [0.5, 0.6) is 0 Å². The van der Waals surface area contributed by atoms with Gasteiger partial charge in [-0.25, -0.2) is 0 Å². The molecule has 3 nitrogen and oxygen atoms in total. The molecule has 0 radical (unpaired) electrons. The van der Waals surface area contributed by atoms with Gasteiger partial charge in [0.15, 0.2) is 0 Å². The van der Waals surface area contributed by atoms with Crippen molar-refractivity contribution in [1.82, 2.24) is 5.32 Å². The molecule has 0 bridgehead atoms. The molecular formula is C17H22N2OS. The van der Waals surface area contributed by atoms with Gasteiger partial charge in [0.25, 0.3) is 5.91 Å². The van der Waals surface area contributed by atoms with Crippen LogP contribution in [0, 0.1) is 6.92 Å². The van der Waals surface area contributed by atoms with Crippen LogP contribution >= 0.6 is 11.3 Å². The predicted octanol–water partition coefficient (Wildman–Crippen LogP) is 4.37. The van der Waals surface area contributed by atoms with Crippen molar-refractivity contribution in [2.75, 3.05) is 11.9 Å². The van der Waals surface area contributed by atoms with Gasteiger partial charge in [-0.2, -0.15) is 0 Å². The molecule has 0 spiro atoms. The molecule has 0 saturated heterocycles. The zero-order valence-electron chi connectivity index (χ0n) is 12.8. The van der Waals surface area contributed by atoms with Gasteiger partial charge in [-0.15, -0.1) is 11.3 Å². The second kappa shape index (κ2) is 7.27. The van der Waals surface area contributed by atoms with E-state index in [-0.39, 0.29) is 11.9 Å². The van der Waals surface area contributed by atoms with Crippen LogP contribution in [0.15, 0.2) is 35.7 Å². The normalized spacial score (nSPS) is 12.0. The van der Waals surface area contributed by atoms with Crippen molar-refractivity contribution in [3.63, 3.8) is 0 Å². The van der Waals surface area contributed by atoms with Gasteiger partial charge in [0.1, 0.15) is 0 Å². The monoisotopic (exact) mass is 302 g/mol. The van der Waals surface area contributed by atoms with E-state index in [4.69, 9.17) is 0 Å². The van der Waals surface area contributed by atoms with E-state index >= 15 is 0 Å². The minimum absolute atomic E-state index is 0.0250. The van der Waals surface area contributed by atoms with Crippen LogP contribution in [0.1, 0.15) is 47.1 Å². The van der Waals surface area contributed by atoms with Crippen LogP contribution in [0.3, 0.4) is 0 Å². The highest BCUT2D eigenvalue weighted by Gasteiger charge is 2.15. The number of carbonyl (C=O) groups excluding carboxylic acids is 1. The molecular weight excluding hydrogens is 280 g/mol. The van der Waals surface area contributed by atoms with Crippen LogP contribution in [-0.2, 0) is 0 Å². The number of anilines is 1. The van der Waals surface area contributed by atoms with E-state index in [0.29, 0.717) is 5.56 Å². The van der Waals surface area contributed by atoms with Crippen LogP contribution in [0.2, 0.25) is 0 Å². The quantitative estimate of drug-likeness (QED) is 0.832. The topological polar surface area (TPSA) is 41.1 Å². The maximum absolute atomic E-state index is 12.5. The Hall–Kier alpha value is -1.81. The fourth-order valence-electron chi connectivity index (χ4n) is 2.14. The molecule has 112 valence electrons. The number of benzene rings is 1. The Kier molecular flexibility index (Phi) is 5.39. The van der Waals surface area contributed by atoms with Crippen molar-refractivity contribution in [3.8, 4) is 0 Å². The molecule has 1 atom stereocenters. The Bertz CT molecular complexity index is 593. The Morgan fingerprint density at radius 3 is 2.81 bits per heavy atom. The summed E-state index contributed by atoms with van der Waals surface area (Å²) in [6, 6.07) is 10.0. The molecule has 1 unspecified atom stereocenters. The summed E-state index contributed by atoms with van der Waals surface area (Å²) in [5.74, 6) is -0.0294. The zero-order valence-corrected chi connectivity index (χ0v) is 13.6. The van der Waals surface area contributed by atoms with Gasteiger partial charge in [-0.05, 0) is 43.8 Å². The number of amides is 1. The molecule has 0 aliphatic carbocycles. The molecule has 4 heteroatoms. The maximum Gasteiger partial charge on any atom is 0.253 e. The van der Waals surface area contributed by atoms with E-state index in [0.717, 1.165) is 24.2 Å². The predicted molar refractivity (Wildman–Crippen MR) is 90.2 cm³/mol. The summed E-state index contributed by atoms with van der Waals surface area (Å²) in [5.41, 5.74) is 2.70. The molecule has 0 saturated carbocycles. The van der Waals surface area contributed by atoms with Gasteiger partial charge in [-0.1, -0.05) is 24.6 Å². The third kappa shape index (κ3) is 4.08. The van der Waals surface area contributed by atoms with E-state index in [2.05, 4.69) is 17.6 Å². The summed E-state index contributed by atoms with van der Waals surface area (Å²) in [6.45, 7) is 6.99. The van der Waals surface area contributed by atoms with Gasteiger partial charge in [-0.3, -0.25) is 4.79 Å². The molecule has 1 aromatic heterocycles. The maximum atomic E-state index is 12.5. The summed E-state index contributed by atoms with van der Waals surface area (Å²) in [6.07, 6.45) is 1.03. The van der Waals surface area contributed by atoms with Crippen molar-refractivity contribution >= 4 is 22.9 Å². The average molecular weight is 302 g/mol. The van der Waals surface area contributed by atoms with E-state index in [9.17, 15) is 4.79 Å². The number of rotatable bonds is 6. The summed E-state index contributed by atoms with van der Waals surface area (Å²) in [7, 11) is 0. The summed E-state index contributed by atoms with van der Waals surface area (Å²) in [5, 5.41) is 8.42. The minimum Gasteiger partial charge on any atom is -0.384 e. The summed E-state index contributed by atoms with van der Waals surface area (Å²) >= 11 is 1.66. The van der Waals surface area contributed by atoms with Gasteiger partial charge in [0, 0.05) is 17.1 Å². The van der Waals surface area contributed by atoms with Crippen LogP contribution in [0.25, 0.3) is 0 Å².